The maximum Gasteiger partial charge on any atom is 0.339 e. The van der Waals surface area contributed by atoms with Crippen LogP contribution in [0.3, 0.4) is 0 Å². The number of carboxylic acids is 1. The Labute approximate surface area is 139 Å². The van der Waals surface area contributed by atoms with Gasteiger partial charge in [-0.2, -0.15) is 0 Å². The van der Waals surface area contributed by atoms with Crippen LogP contribution < -0.4 is 0 Å². The van der Waals surface area contributed by atoms with Gasteiger partial charge >= 0.3 is 5.97 Å². The molecule has 0 unspecified atom stereocenters. The summed E-state index contributed by atoms with van der Waals surface area (Å²) >= 11 is 0. The van der Waals surface area contributed by atoms with Crippen LogP contribution in [0.2, 0.25) is 0 Å². The molecule has 1 aromatic heterocycles. The lowest BCUT2D eigenvalue weighted by Gasteiger charge is -2.43. The molecule has 3 aromatic rings. The van der Waals surface area contributed by atoms with Crippen molar-refractivity contribution in [3.8, 4) is 0 Å². The summed E-state index contributed by atoms with van der Waals surface area (Å²) in [4.78, 5) is 11.6. The van der Waals surface area contributed by atoms with E-state index in [1.54, 1.807) is 6.92 Å². The van der Waals surface area contributed by atoms with E-state index in [2.05, 4.69) is 19.1 Å². The van der Waals surface area contributed by atoms with Gasteiger partial charge in [-0.1, -0.05) is 30.3 Å². The molecule has 2 aromatic carbocycles. The fourth-order valence-electron chi connectivity index (χ4n) is 3.68. The molecule has 1 fully saturated rings. The molecule has 4 rings (SSSR count). The lowest BCUT2D eigenvalue weighted by molar-refractivity contribution is -0.0382. The van der Waals surface area contributed by atoms with E-state index in [1.807, 2.05) is 30.3 Å². The Balaban J connectivity index is 1.94. The van der Waals surface area contributed by atoms with Crippen LogP contribution in [0.25, 0.3) is 11.0 Å². The highest BCUT2D eigenvalue weighted by Crippen LogP contribution is 2.42. The van der Waals surface area contributed by atoms with Gasteiger partial charge in [-0.15, -0.1) is 0 Å². The van der Waals surface area contributed by atoms with E-state index in [0.717, 1.165) is 5.56 Å². The highest BCUT2D eigenvalue weighted by atomic mass is 16.5. The van der Waals surface area contributed by atoms with E-state index < -0.39 is 5.97 Å². The molecule has 1 saturated heterocycles. The molecule has 0 spiro atoms. The van der Waals surface area contributed by atoms with E-state index >= 15 is 0 Å². The monoisotopic (exact) mass is 322 g/mol. The summed E-state index contributed by atoms with van der Waals surface area (Å²) in [6.45, 7) is 4.98. The van der Waals surface area contributed by atoms with Crippen molar-refractivity contribution in [2.75, 3.05) is 13.2 Å². The summed E-state index contributed by atoms with van der Waals surface area (Å²) in [5.74, 6) is -0.525. The minimum absolute atomic E-state index is 0.222. The second-order valence-electron chi connectivity index (χ2n) is 6.44. The maximum atomic E-state index is 11.6. The third kappa shape index (κ3) is 2.00. The van der Waals surface area contributed by atoms with Crippen LogP contribution >= 0.6 is 0 Å². The Morgan fingerprint density at radius 2 is 1.88 bits per heavy atom. The molecule has 1 aliphatic rings. The predicted molar refractivity (Wildman–Crippen MR) is 90.7 cm³/mol. The lowest BCUT2D eigenvalue weighted by Crippen LogP contribution is -2.48. The number of furan rings is 1. The quantitative estimate of drug-likeness (QED) is 0.790. The maximum absolute atomic E-state index is 11.6. The van der Waals surface area contributed by atoms with Crippen LogP contribution in [0, 0.1) is 13.8 Å². The minimum Gasteiger partial charge on any atom is -0.478 e. The third-order valence-electron chi connectivity index (χ3n) is 4.99. The highest BCUT2D eigenvalue weighted by molar-refractivity contribution is 6.03. The van der Waals surface area contributed by atoms with Gasteiger partial charge < -0.3 is 14.3 Å². The van der Waals surface area contributed by atoms with Gasteiger partial charge in [0.25, 0.3) is 0 Å². The molecule has 4 heteroatoms. The molecule has 0 radical (unpaired) electrons. The largest absolute Gasteiger partial charge is 0.478 e. The van der Waals surface area contributed by atoms with Crippen molar-refractivity contribution in [3.05, 3.63) is 70.5 Å². The first-order valence-electron chi connectivity index (χ1n) is 7.94. The highest BCUT2D eigenvalue weighted by Gasteiger charge is 2.43. The number of carbonyl (C=O) groups is 1. The molecule has 0 bridgehead atoms. The van der Waals surface area contributed by atoms with E-state index in [9.17, 15) is 9.90 Å². The van der Waals surface area contributed by atoms with Gasteiger partial charge in [0.2, 0.25) is 0 Å². The Morgan fingerprint density at radius 3 is 2.50 bits per heavy atom. The van der Waals surface area contributed by atoms with Crippen LogP contribution in [0.5, 0.6) is 0 Å². The Morgan fingerprint density at radius 1 is 1.12 bits per heavy atom. The molecular weight excluding hydrogens is 304 g/mol. The number of ether oxygens (including phenoxy) is 1. The number of benzene rings is 2. The molecule has 0 amide bonds. The fourth-order valence-corrected chi connectivity index (χ4v) is 3.68. The minimum atomic E-state index is -0.960. The fraction of sp³-hybridized carbons (Fsp3) is 0.250. The number of rotatable bonds is 3. The van der Waals surface area contributed by atoms with Crippen LogP contribution in [-0.2, 0) is 10.2 Å². The standard InChI is InChI=1S/C20H18O4/c1-12-5-3-4-6-16(12)20(10-23-11-20)14-7-8-17-15(9-14)18(19(21)22)13(2)24-17/h3-9H,10-11H2,1-2H3,(H,21,22). The molecule has 24 heavy (non-hydrogen) atoms. The van der Waals surface area contributed by atoms with Crippen molar-refractivity contribution in [1.29, 1.82) is 0 Å². The van der Waals surface area contributed by atoms with E-state index in [1.165, 1.54) is 11.1 Å². The molecule has 0 atom stereocenters. The topological polar surface area (TPSA) is 59.7 Å². The number of aromatic carboxylic acids is 1. The number of hydrogen-bond donors (Lipinski definition) is 1. The molecule has 122 valence electrons. The van der Waals surface area contributed by atoms with E-state index in [-0.39, 0.29) is 11.0 Å². The zero-order chi connectivity index (χ0) is 16.9. The SMILES string of the molecule is Cc1ccccc1C1(c2ccc3oc(C)c(C(=O)O)c3c2)COC1. The average molecular weight is 322 g/mol. The Hall–Kier alpha value is -2.59. The molecule has 0 aliphatic carbocycles. The first-order chi connectivity index (χ1) is 11.5. The van der Waals surface area contributed by atoms with Crippen molar-refractivity contribution >= 4 is 16.9 Å². The molecule has 1 aliphatic heterocycles. The summed E-state index contributed by atoms with van der Waals surface area (Å²) in [6.07, 6.45) is 0. The van der Waals surface area contributed by atoms with E-state index in [0.29, 0.717) is 29.9 Å². The number of aryl methyl sites for hydroxylation is 2. The van der Waals surface area contributed by atoms with Gasteiger partial charge in [-0.3, -0.25) is 0 Å². The smallest absolute Gasteiger partial charge is 0.339 e. The summed E-state index contributed by atoms with van der Waals surface area (Å²) < 4.78 is 11.2. The Kier molecular flexibility index (Phi) is 3.25. The second kappa shape index (κ2) is 5.21. The molecule has 2 heterocycles. The van der Waals surface area contributed by atoms with Crippen LogP contribution in [-0.4, -0.2) is 24.3 Å². The molecule has 4 nitrogen and oxygen atoms in total. The Bertz CT molecular complexity index is 947. The average Bonchev–Trinajstić information content (AvgIpc) is 2.83. The predicted octanol–water partition coefficient (Wildman–Crippen LogP) is 4.06. The van der Waals surface area contributed by atoms with Crippen molar-refractivity contribution in [3.63, 3.8) is 0 Å². The van der Waals surface area contributed by atoms with Crippen molar-refractivity contribution in [2.45, 2.75) is 19.3 Å². The van der Waals surface area contributed by atoms with Crippen molar-refractivity contribution in [2.24, 2.45) is 0 Å². The molecule has 0 saturated carbocycles. The zero-order valence-corrected chi connectivity index (χ0v) is 13.6. The number of hydrogen-bond acceptors (Lipinski definition) is 3. The van der Waals surface area contributed by atoms with E-state index in [4.69, 9.17) is 9.15 Å². The summed E-state index contributed by atoms with van der Waals surface area (Å²) in [7, 11) is 0. The van der Waals surface area contributed by atoms with Gasteiger partial charge in [-0.25, -0.2) is 4.79 Å². The normalized spacial score (nSPS) is 16.1. The van der Waals surface area contributed by atoms with Crippen molar-refractivity contribution in [1.82, 2.24) is 0 Å². The van der Waals surface area contributed by atoms with Gasteiger partial charge in [0.05, 0.1) is 18.6 Å². The molecule has 1 N–H and O–H groups in total. The number of carboxylic acid groups (broad SMARTS) is 1. The second-order valence-corrected chi connectivity index (χ2v) is 6.44. The van der Waals surface area contributed by atoms with Gasteiger partial charge in [0, 0.05) is 5.39 Å². The van der Waals surface area contributed by atoms with Gasteiger partial charge in [0.1, 0.15) is 16.9 Å². The number of fused-ring (bicyclic) bond motifs is 1. The summed E-state index contributed by atoms with van der Waals surface area (Å²) in [5, 5.41) is 10.1. The van der Waals surface area contributed by atoms with Crippen molar-refractivity contribution < 1.29 is 19.1 Å². The lowest BCUT2D eigenvalue weighted by atomic mass is 9.71. The third-order valence-corrected chi connectivity index (χ3v) is 4.99. The summed E-state index contributed by atoms with van der Waals surface area (Å²) in [6, 6.07) is 14.1. The first-order valence-corrected chi connectivity index (χ1v) is 7.94. The molecular formula is C20H18O4. The van der Waals surface area contributed by atoms with Gasteiger partial charge in [0.15, 0.2) is 0 Å². The first kappa shape index (κ1) is 15.0. The zero-order valence-electron chi connectivity index (χ0n) is 13.6. The van der Waals surface area contributed by atoms with Crippen LogP contribution in [0.1, 0.15) is 32.8 Å². The van der Waals surface area contributed by atoms with Crippen LogP contribution in [0.4, 0.5) is 0 Å². The summed E-state index contributed by atoms with van der Waals surface area (Å²) in [5.41, 5.74) is 4.13. The van der Waals surface area contributed by atoms with Gasteiger partial charge in [-0.05, 0) is 42.7 Å². The van der Waals surface area contributed by atoms with Crippen LogP contribution in [0.15, 0.2) is 46.9 Å².